The quantitative estimate of drug-likeness (QED) is 0.770. The van der Waals surface area contributed by atoms with Crippen molar-refractivity contribution in [3.05, 3.63) is 65.2 Å². The van der Waals surface area contributed by atoms with Crippen LogP contribution in [0, 0.1) is 0 Å². The van der Waals surface area contributed by atoms with Gasteiger partial charge in [-0.2, -0.15) is 0 Å². The summed E-state index contributed by atoms with van der Waals surface area (Å²) in [5.41, 5.74) is 1.85. The van der Waals surface area contributed by atoms with Gasteiger partial charge in [-0.25, -0.2) is 0 Å². The highest BCUT2D eigenvalue weighted by Crippen LogP contribution is 2.21. The zero-order chi connectivity index (χ0) is 16.1. The molecule has 0 aliphatic heterocycles. The number of nitrogens with one attached hydrogen (secondary N) is 1. The van der Waals surface area contributed by atoms with Crippen LogP contribution >= 0.6 is 11.6 Å². The Bertz CT molecular complexity index is 785. The van der Waals surface area contributed by atoms with Crippen molar-refractivity contribution in [2.24, 2.45) is 0 Å². The van der Waals surface area contributed by atoms with Crippen LogP contribution in [0.3, 0.4) is 0 Å². The predicted molar refractivity (Wildman–Crippen MR) is 88.1 cm³/mol. The molecule has 5 nitrogen and oxygen atoms in total. The second-order valence-corrected chi connectivity index (χ2v) is 5.39. The maximum Gasteiger partial charge on any atom is 0.322 e. The van der Waals surface area contributed by atoms with Crippen LogP contribution in [0.2, 0.25) is 5.02 Å². The molecule has 3 aromatic rings. The zero-order valence-electron chi connectivity index (χ0n) is 12.2. The topological polar surface area (TPSA) is 68.0 Å². The summed E-state index contributed by atoms with van der Waals surface area (Å²) in [7, 11) is 0. The summed E-state index contributed by atoms with van der Waals surface area (Å²) in [6, 6.07) is 16.9. The van der Waals surface area contributed by atoms with E-state index in [0.717, 1.165) is 11.1 Å². The molecule has 23 heavy (non-hydrogen) atoms. The lowest BCUT2D eigenvalue weighted by molar-refractivity contribution is -0.116. The highest BCUT2D eigenvalue weighted by atomic mass is 35.5. The van der Waals surface area contributed by atoms with Gasteiger partial charge in [0.15, 0.2) is 0 Å². The second-order valence-electron chi connectivity index (χ2n) is 4.95. The highest BCUT2D eigenvalue weighted by molar-refractivity contribution is 6.30. The van der Waals surface area contributed by atoms with Gasteiger partial charge in [-0.3, -0.25) is 10.1 Å². The fraction of sp³-hybridized carbons (Fsp3) is 0.118. The molecule has 0 atom stereocenters. The molecule has 1 aromatic heterocycles. The average Bonchev–Trinajstić information content (AvgIpc) is 3.03. The lowest BCUT2D eigenvalue weighted by Gasteiger charge is -2.01. The molecule has 0 aliphatic rings. The zero-order valence-corrected chi connectivity index (χ0v) is 13.0. The Labute approximate surface area is 138 Å². The van der Waals surface area contributed by atoms with E-state index in [2.05, 4.69) is 15.5 Å². The summed E-state index contributed by atoms with van der Waals surface area (Å²) in [5, 5.41) is 11.0. The van der Waals surface area contributed by atoms with Gasteiger partial charge in [-0.15, -0.1) is 5.10 Å². The van der Waals surface area contributed by atoms with E-state index in [0.29, 0.717) is 23.8 Å². The molecule has 0 aliphatic carbocycles. The van der Waals surface area contributed by atoms with E-state index < -0.39 is 0 Å². The van der Waals surface area contributed by atoms with Crippen molar-refractivity contribution in [3.63, 3.8) is 0 Å². The number of hydrogen-bond donors (Lipinski definition) is 1. The minimum atomic E-state index is -0.167. The molecule has 3 rings (SSSR count). The van der Waals surface area contributed by atoms with Crippen LogP contribution in [-0.2, 0) is 11.2 Å². The van der Waals surface area contributed by atoms with Gasteiger partial charge >= 0.3 is 6.01 Å². The first-order valence-corrected chi connectivity index (χ1v) is 7.52. The molecule has 0 unspecified atom stereocenters. The lowest BCUT2D eigenvalue weighted by Crippen LogP contribution is -2.12. The summed E-state index contributed by atoms with van der Waals surface area (Å²) in [4.78, 5) is 11.9. The van der Waals surface area contributed by atoms with Crippen LogP contribution in [0.4, 0.5) is 6.01 Å². The Hall–Kier alpha value is -2.66. The van der Waals surface area contributed by atoms with Crippen molar-refractivity contribution in [3.8, 4) is 11.5 Å². The number of anilines is 1. The first-order valence-electron chi connectivity index (χ1n) is 7.14. The third-order valence-corrected chi connectivity index (χ3v) is 3.50. The fourth-order valence-electron chi connectivity index (χ4n) is 2.07. The molecular weight excluding hydrogens is 314 g/mol. The summed E-state index contributed by atoms with van der Waals surface area (Å²) in [5.74, 6) is 0.167. The number of aromatic nitrogens is 2. The van der Waals surface area contributed by atoms with Gasteiger partial charge in [0.25, 0.3) is 0 Å². The van der Waals surface area contributed by atoms with E-state index >= 15 is 0 Å². The minimum Gasteiger partial charge on any atom is -0.403 e. The van der Waals surface area contributed by atoms with E-state index in [-0.39, 0.29) is 11.9 Å². The van der Waals surface area contributed by atoms with Gasteiger partial charge in [-0.1, -0.05) is 47.0 Å². The van der Waals surface area contributed by atoms with Crippen LogP contribution in [0.15, 0.2) is 59.0 Å². The number of amides is 1. The third kappa shape index (κ3) is 4.17. The molecule has 6 heteroatoms. The van der Waals surface area contributed by atoms with Crippen LogP contribution in [0.1, 0.15) is 12.0 Å². The number of hydrogen-bond acceptors (Lipinski definition) is 4. The normalized spacial score (nSPS) is 10.5. The summed E-state index contributed by atoms with van der Waals surface area (Å²) >= 11 is 5.83. The van der Waals surface area contributed by atoms with Gasteiger partial charge in [0.2, 0.25) is 11.8 Å². The number of benzene rings is 2. The molecule has 0 fully saturated rings. The Morgan fingerprint density at radius 1 is 1.04 bits per heavy atom. The lowest BCUT2D eigenvalue weighted by atomic mass is 10.1. The molecule has 116 valence electrons. The van der Waals surface area contributed by atoms with Gasteiger partial charge in [0, 0.05) is 17.0 Å². The molecule has 0 saturated carbocycles. The maximum absolute atomic E-state index is 11.9. The largest absolute Gasteiger partial charge is 0.403 e. The highest BCUT2D eigenvalue weighted by Gasteiger charge is 2.11. The number of carbonyl (C=O) groups is 1. The molecule has 2 aromatic carbocycles. The van der Waals surface area contributed by atoms with E-state index in [1.807, 2.05) is 30.3 Å². The van der Waals surface area contributed by atoms with E-state index in [4.69, 9.17) is 16.0 Å². The predicted octanol–water partition coefficient (Wildman–Crippen LogP) is 3.96. The maximum atomic E-state index is 11.9. The molecule has 0 saturated heterocycles. The number of nitrogens with zero attached hydrogens (tertiary/aromatic N) is 2. The number of halogens is 1. The Morgan fingerprint density at radius 3 is 2.52 bits per heavy atom. The monoisotopic (exact) mass is 327 g/mol. The molecule has 0 spiro atoms. The second kappa shape index (κ2) is 7.07. The van der Waals surface area contributed by atoms with Crippen molar-refractivity contribution >= 4 is 23.5 Å². The van der Waals surface area contributed by atoms with E-state index in [1.165, 1.54) is 0 Å². The fourth-order valence-corrected chi connectivity index (χ4v) is 2.19. The van der Waals surface area contributed by atoms with Gasteiger partial charge in [0.05, 0.1) is 0 Å². The smallest absolute Gasteiger partial charge is 0.322 e. The van der Waals surface area contributed by atoms with Gasteiger partial charge in [0.1, 0.15) is 0 Å². The molecule has 0 radical (unpaired) electrons. The molecule has 1 amide bonds. The van der Waals surface area contributed by atoms with E-state index in [9.17, 15) is 4.79 Å². The van der Waals surface area contributed by atoms with Crippen LogP contribution < -0.4 is 5.32 Å². The number of rotatable bonds is 5. The Balaban J connectivity index is 1.58. The molecule has 1 N–H and O–H groups in total. The van der Waals surface area contributed by atoms with Crippen molar-refractivity contribution < 1.29 is 9.21 Å². The van der Waals surface area contributed by atoms with Crippen LogP contribution in [0.5, 0.6) is 0 Å². The van der Waals surface area contributed by atoms with Crippen molar-refractivity contribution in [2.75, 3.05) is 5.32 Å². The standard InChI is InChI=1S/C17H14ClN3O2/c18-14-9-7-13(8-10-14)16-20-21-17(23-16)19-15(22)11-6-12-4-2-1-3-5-12/h1-5,7-10H,6,11H2,(H,19,21,22). The van der Waals surface area contributed by atoms with E-state index in [1.54, 1.807) is 24.3 Å². The average molecular weight is 328 g/mol. The van der Waals surface area contributed by atoms with Crippen LogP contribution in [-0.4, -0.2) is 16.1 Å². The summed E-state index contributed by atoms with van der Waals surface area (Å²) in [6.45, 7) is 0. The van der Waals surface area contributed by atoms with Crippen molar-refractivity contribution in [1.29, 1.82) is 0 Å². The first-order chi connectivity index (χ1) is 11.2. The SMILES string of the molecule is O=C(CCc1ccccc1)Nc1nnc(-c2ccc(Cl)cc2)o1. The van der Waals surface area contributed by atoms with Crippen molar-refractivity contribution in [1.82, 2.24) is 10.2 Å². The molecular formula is C17H14ClN3O2. The Kier molecular flexibility index (Phi) is 4.68. The Morgan fingerprint density at radius 2 is 1.78 bits per heavy atom. The van der Waals surface area contributed by atoms with Crippen molar-refractivity contribution in [2.45, 2.75) is 12.8 Å². The minimum absolute atomic E-state index is 0.0908. The van der Waals surface area contributed by atoms with Gasteiger partial charge in [-0.05, 0) is 36.2 Å². The number of carbonyl (C=O) groups excluding carboxylic acids is 1. The first kappa shape index (κ1) is 15.2. The summed E-state index contributed by atoms with van der Waals surface area (Å²) < 4.78 is 5.44. The summed E-state index contributed by atoms with van der Waals surface area (Å²) in [6.07, 6.45) is 1.01. The van der Waals surface area contributed by atoms with Gasteiger partial charge < -0.3 is 4.42 Å². The third-order valence-electron chi connectivity index (χ3n) is 3.25. The number of aryl methyl sites for hydroxylation is 1. The molecule has 0 bridgehead atoms. The van der Waals surface area contributed by atoms with Crippen LogP contribution in [0.25, 0.3) is 11.5 Å². The molecule has 1 heterocycles.